The lowest BCUT2D eigenvalue weighted by molar-refractivity contribution is -0.00495. The van der Waals surface area contributed by atoms with E-state index in [0.717, 1.165) is 215 Å². The summed E-state index contributed by atoms with van der Waals surface area (Å²) < 4.78 is 0. The fraction of sp³-hybridized carbons (Fsp3) is 1.00. The highest BCUT2D eigenvalue weighted by atomic mass is 15.3. The third-order valence-corrected chi connectivity index (χ3v) is 43.9. The summed E-state index contributed by atoms with van der Waals surface area (Å²) in [6, 6.07) is 11.6. The molecule has 0 spiro atoms. The van der Waals surface area contributed by atoms with Crippen LogP contribution in [0.3, 0.4) is 0 Å². The smallest absolute Gasteiger partial charge is 0.0133 e. The maximum atomic E-state index is 3.44. The van der Waals surface area contributed by atoms with Crippen molar-refractivity contribution in [2.24, 2.45) is 142 Å². The number of nitrogens with zero attached hydrogens (tertiary/aromatic N) is 4. The van der Waals surface area contributed by atoms with E-state index < -0.39 is 0 Å². The van der Waals surface area contributed by atoms with Gasteiger partial charge in [-0.25, -0.2) is 0 Å². The van der Waals surface area contributed by atoms with E-state index in [-0.39, 0.29) is 0 Å². The maximum Gasteiger partial charge on any atom is 0.0133 e. The Kier molecular flexibility index (Phi) is 25.6. The lowest BCUT2D eigenvalue weighted by Gasteiger charge is -2.50. The van der Waals surface area contributed by atoms with Crippen LogP contribution in [0.4, 0.5) is 0 Å². The first kappa shape index (κ1) is 79.0. The number of fused-ring (bicyclic) bond motifs is 12. The molecule has 4 saturated heterocycles. The van der Waals surface area contributed by atoms with Crippen LogP contribution in [0.1, 0.15) is 462 Å². The maximum absolute atomic E-state index is 3.44. The molecule has 112 heavy (non-hydrogen) atoms. The van der Waals surface area contributed by atoms with Crippen molar-refractivity contribution in [1.82, 2.24) is 19.6 Å². The van der Waals surface area contributed by atoms with Crippen LogP contribution in [0, 0.1) is 142 Å². The van der Waals surface area contributed by atoms with Gasteiger partial charge in [0.2, 0.25) is 0 Å². The molecule has 22 rings (SSSR count). The van der Waals surface area contributed by atoms with Crippen molar-refractivity contribution < 1.29 is 0 Å². The molecule has 28 atom stereocenters. The molecule has 0 aromatic heterocycles. The Labute approximate surface area is 692 Å². The first-order valence-corrected chi connectivity index (χ1v) is 54.6. The zero-order valence-electron chi connectivity index (χ0n) is 73.5. The zero-order valence-corrected chi connectivity index (χ0v) is 73.5. The van der Waals surface area contributed by atoms with Gasteiger partial charge in [-0.2, -0.15) is 0 Å². The van der Waals surface area contributed by atoms with E-state index in [2.05, 4.69) is 19.6 Å². The van der Waals surface area contributed by atoms with Crippen LogP contribution in [0.5, 0.6) is 0 Å². The van der Waals surface area contributed by atoms with Crippen LogP contribution < -0.4 is 0 Å². The van der Waals surface area contributed by atoms with E-state index in [9.17, 15) is 0 Å². The molecule has 28 unspecified atom stereocenters. The molecule has 4 aliphatic heterocycles. The lowest BCUT2D eigenvalue weighted by Crippen LogP contribution is -2.51. The van der Waals surface area contributed by atoms with Crippen molar-refractivity contribution in [3.63, 3.8) is 0 Å². The Hall–Kier alpha value is -0.160. The van der Waals surface area contributed by atoms with Crippen molar-refractivity contribution in [2.75, 3.05) is 0 Å². The quantitative estimate of drug-likeness (QED) is 0.193. The molecule has 0 amide bonds. The Morgan fingerprint density at radius 1 is 0.0982 bits per heavy atom. The van der Waals surface area contributed by atoms with Gasteiger partial charge in [0.1, 0.15) is 0 Å². The molecule has 18 aliphatic carbocycles. The van der Waals surface area contributed by atoms with Crippen molar-refractivity contribution >= 4 is 0 Å². The molecule has 18 saturated carbocycles. The Bertz CT molecular complexity index is 2870. The van der Waals surface area contributed by atoms with Crippen molar-refractivity contribution in [3.05, 3.63) is 0 Å². The van der Waals surface area contributed by atoms with Crippen LogP contribution in [0.2, 0.25) is 0 Å². The molecular weight excluding hydrogens is 1350 g/mol. The molecule has 632 valence electrons. The van der Waals surface area contributed by atoms with Gasteiger partial charge in [0.05, 0.1) is 0 Å². The standard InChI is InChI=1S/2C54H90N2/c1-4-15-37(16-5-1)43-32-44(38-17-6-2-7-18-38)34-46(33-43)56-52-26-13-11-24-48(52)50-36-42(28-30-54(50)56)40-20-14-19-39(31-40)41-27-29-53-49(35-41)47-23-10-12-25-51(47)55(53)45-21-8-3-9-22-45;1-3-13-37(14-4-1)39-25-29-45(30-26-39)55-51-23-9-7-21-47(51)49-35-43(27-31-53(49)55)40-17-11-18-41(33-40)44-28-32-54-50(36-44)48-22-8-10-24-52(48)56(54)46-20-12-19-42(34-46)38-15-5-2-6-16-38/h2*37-54H,1-36H2. The van der Waals surface area contributed by atoms with E-state index in [1.165, 1.54) is 103 Å². The second-order valence-electron chi connectivity index (χ2n) is 48.4. The first-order chi connectivity index (χ1) is 55.5. The number of likely N-dealkylation sites (tertiary alicyclic amines) is 4. The average molecular weight is 1530 g/mol. The third kappa shape index (κ3) is 16.2. The first-order valence-electron chi connectivity index (χ1n) is 54.6. The molecule has 22 fully saturated rings. The number of hydrogen-bond donors (Lipinski definition) is 0. The van der Waals surface area contributed by atoms with Gasteiger partial charge in [-0.1, -0.05) is 250 Å². The summed E-state index contributed by atoms with van der Waals surface area (Å²) in [5.74, 6) is 25.8. The SMILES string of the molecule is C1CCC(C2CC(C3CCCCC3)CC(N3C4CCCCC4C4CC(C5CCCC(C6CCC7C(C6)C6CCCCC6N7C6CCCCC6)C5)CCC43)C2)CC1.C1CCC(C2CCC(N3C4CCCCC4C4CC(C5CCCC(C6CCC7C(C6)C6CCCCC6N7C6CCCC(C7CCCCC7)C6)C5)CCC43)CC2)CC1. The summed E-state index contributed by atoms with van der Waals surface area (Å²) >= 11 is 0. The van der Waals surface area contributed by atoms with E-state index in [0.29, 0.717) is 0 Å². The summed E-state index contributed by atoms with van der Waals surface area (Å²) in [4.78, 5) is 13.4. The zero-order chi connectivity index (χ0) is 74.0. The minimum absolute atomic E-state index is 0.947. The predicted octanol–water partition coefficient (Wildman–Crippen LogP) is 28.8. The Balaban J connectivity index is 0.000000141. The summed E-state index contributed by atoms with van der Waals surface area (Å²) in [6.07, 6.45) is 113. The van der Waals surface area contributed by atoms with Crippen molar-refractivity contribution in [2.45, 2.75) is 535 Å². The minimum Gasteiger partial charge on any atom is -0.294 e. The van der Waals surface area contributed by atoms with Crippen LogP contribution in [0.15, 0.2) is 0 Å². The second kappa shape index (κ2) is 36.3. The fourth-order valence-electron chi connectivity index (χ4n) is 39.3. The van der Waals surface area contributed by atoms with E-state index in [1.54, 1.807) is 360 Å². The van der Waals surface area contributed by atoms with Gasteiger partial charge in [0, 0.05) is 72.5 Å². The Morgan fingerprint density at radius 2 is 0.304 bits per heavy atom. The minimum atomic E-state index is 0.947. The van der Waals surface area contributed by atoms with Crippen LogP contribution in [0.25, 0.3) is 0 Å². The number of hydrogen-bond acceptors (Lipinski definition) is 4. The molecule has 4 heterocycles. The summed E-state index contributed by atoms with van der Waals surface area (Å²) in [5.41, 5.74) is 0. The van der Waals surface area contributed by atoms with Gasteiger partial charge >= 0.3 is 0 Å². The number of rotatable bonds is 12. The molecule has 0 bridgehead atoms. The second-order valence-corrected chi connectivity index (χ2v) is 48.4. The highest BCUT2D eigenvalue weighted by Gasteiger charge is 2.61. The molecule has 0 aromatic carbocycles. The largest absolute Gasteiger partial charge is 0.294 e. The highest BCUT2D eigenvalue weighted by molar-refractivity contribution is 5.13. The third-order valence-electron chi connectivity index (χ3n) is 43.9. The molecule has 0 radical (unpaired) electrons. The van der Waals surface area contributed by atoms with E-state index in [4.69, 9.17) is 0 Å². The molecule has 0 N–H and O–H groups in total. The summed E-state index contributed by atoms with van der Waals surface area (Å²) in [6.45, 7) is 0. The van der Waals surface area contributed by atoms with Gasteiger partial charge in [-0.15, -0.1) is 0 Å². The van der Waals surface area contributed by atoms with Crippen LogP contribution in [-0.4, -0.2) is 92.1 Å². The molecule has 0 aromatic rings. The monoisotopic (exact) mass is 1530 g/mol. The van der Waals surface area contributed by atoms with Gasteiger partial charge in [0.25, 0.3) is 0 Å². The average Bonchev–Trinajstić information content (AvgIpc) is 1.60. The van der Waals surface area contributed by atoms with E-state index >= 15 is 0 Å². The fourth-order valence-corrected chi connectivity index (χ4v) is 39.3. The van der Waals surface area contributed by atoms with Gasteiger partial charge in [-0.3, -0.25) is 19.6 Å². The van der Waals surface area contributed by atoms with Crippen LogP contribution in [-0.2, 0) is 0 Å². The normalized spacial score (nSPS) is 49.7. The molecule has 22 aliphatic rings. The predicted molar refractivity (Wildman–Crippen MR) is 469 cm³/mol. The van der Waals surface area contributed by atoms with Gasteiger partial charge in [0.15, 0.2) is 0 Å². The topological polar surface area (TPSA) is 13.0 Å². The summed E-state index contributed by atoms with van der Waals surface area (Å²) in [7, 11) is 0. The van der Waals surface area contributed by atoms with Crippen molar-refractivity contribution in [3.8, 4) is 0 Å². The molecule has 4 heteroatoms. The molecule has 4 nitrogen and oxygen atoms in total. The lowest BCUT2D eigenvalue weighted by atomic mass is 9.60. The summed E-state index contributed by atoms with van der Waals surface area (Å²) in [5, 5.41) is 0. The highest BCUT2D eigenvalue weighted by Crippen LogP contribution is 2.63. The van der Waals surface area contributed by atoms with E-state index in [1.807, 2.05) is 0 Å². The van der Waals surface area contributed by atoms with Gasteiger partial charge in [-0.05, 0) is 354 Å². The van der Waals surface area contributed by atoms with Crippen molar-refractivity contribution in [1.29, 1.82) is 0 Å². The Morgan fingerprint density at radius 3 is 0.670 bits per heavy atom. The van der Waals surface area contributed by atoms with Gasteiger partial charge < -0.3 is 0 Å². The van der Waals surface area contributed by atoms with Crippen LogP contribution >= 0.6 is 0 Å². The molecular formula is C108H180N4.